The molecule has 0 aliphatic carbocycles. The molecule has 1 unspecified atom stereocenters. The molecule has 1 rings (SSSR count). The second-order valence-electron chi connectivity index (χ2n) is 5.07. The van der Waals surface area contributed by atoms with Crippen LogP contribution >= 0.6 is 0 Å². The quantitative estimate of drug-likeness (QED) is 0.752. The topological polar surface area (TPSA) is 29.5 Å². The Morgan fingerprint density at radius 3 is 2.33 bits per heavy atom. The number of hydrogen-bond donors (Lipinski definition) is 1. The van der Waals surface area contributed by atoms with E-state index in [1.165, 1.54) is 22.3 Å². The molecule has 0 saturated carbocycles. The minimum Gasteiger partial charge on any atom is -0.393 e. The van der Waals surface area contributed by atoms with Gasteiger partial charge in [0.1, 0.15) is 0 Å². The van der Waals surface area contributed by atoms with E-state index in [0.717, 1.165) is 32.5 Å². The molecule has 0 radical (unpaired) electrons. The van der Waals surface area contributed by atoms with Gasteiger partial charge in [0.25, 0.3) is 0 Å². The molecule has 1 aromatic carbocycles. The zero-order chi connectivity index (χ0) is 13.5. The first-order valence-electron chi connectivity index (χ1n) is 6.87. The number of hydrogen-bond acceptors (Lipinski definition) is 2. The van der Waals surface area contributed by atoms with Gasteiger partial charge in [0.15, 0.2) is 0 Å². The van der Waals surface area contributed by atoms with Gasteiger partial charge in [-0.25, -0.2) is 0 Å². The van der Waals surface area contributed by atoms with Gasteiger partial charge in [-0.1, -0.05) is 17.7 Å². The van der Waals surface area contributed by atoms with Gasteiger partial charge in [-0.15, -0.1) is 0 Å². The van der Waals surface area contributed by atoms with Crippen molar-refractivity contribution in [1.29, 1.82) is 0 Å². The Balaban J connectivity index is 2.51. The van der Waals surface area contributed by atoms with Gasteiger partial charge in [0.05, 0.1) is 6.10 Å². The Bertz CT molecular complexity index is 348. The molecular weight excluding hydrogens is 224 g/mol. The largest absolute Gasteiger partial charge is 0.393 e. The van der Waals surface area contributed by atoms with Crippen LogP contribution in [0, 0.1) is 20.8 Å². The number of benzene rings is 1. The lowest BCUT2D eigenvalue weighted by Gasteiger charge is -2.15. The standard InChI is InChI=1S/C16H26O2/c1-5-18-8-6-7-15(17)11-16-13(3)9-12(2)10-14(16)4/h9-10,15,17H,5-8,11H2,1-4H3. The molecule has 0 amide bonds. The highest BCUT2D eigenvalue weighted by Crippen LogP contribution is 2.19. The summed E-state index contributed by atoms with van der Waals surface area (Å²) in [6.07, 6.45) is 2.24. The van der Waals surface area contributed by atoms with E-state index in [1.54, 1.807) is 0 Å². The van der Waals surface area contributed by atoms with Crippen LogP contribution in [0.4, 0.5) is 0 Å². The van der Waals surface area contributed by atoms with Crippen LogP contribution in [0.5, 0.6) is 0 Å². The highest BCUT2D eigenvalue weighted by atomic mass is 16.5. The molecule has 1 N–H and O–H groups in total. The highest BCUT2D eigenvalue weighted by molar-refractivity contribution is 5.37. The maximum atomic E-state index is 10.1. The van der Waals surface area contributed by atoms with Gasteiger partial charge in [-0.05, 0) is 63.6 Å². The molecular formula is C16H26O2. The van der Waals surface area contributed by atoms with E-state index in [9.17, 15) is 5.11 Å². The van der Waals surface area contributed by atoms with Crippen molar-refractivity contribution in [2.45, 2.75) is 53.1 Å². The van der Waals surface area contributed by atoms with Crippen LogP contribution < -0.4 is 0 Å². The van der Waals surface area contributed by atoms with E-state index in [0.29, 0.717) is 0 Å². The molecule has 2 nitrogen and oxygen atoms in total. The summed E-state index contributed by atoms with van der Waals surface area (Å²) in [5, 5.41) is 10.1. The monoisotopic (exact) mass is 250 g/mol. The van der Waals surface area contributed by atoms with Crippen molar-refractivity contribution < 1.29 is 9.84 Å². The van der Waals surface area contributed by atoms with Crippen molar-refractivity contribution in [2.24, 2.45) is 0 Å². The average molecular weight is 250 g/mol. The Morgan fingerprint density at radius 2 is 1.78 bits per heavy atom. The summed E-state index contributed by atoms with van der Waals surface area (Å²) >= 11 is 0. The zero-order valence-corrected chi connectivity index (χ0v) is 12.1. The maximum absolute atomic E-state index is 10.1. The smallest absolute Gasteiger partial charge is 0.0581 e. The molecule has 0 spiro atoms. The SMILES string of the molecule is CCOCCCC(O)Cc1c(C)cc(C)cc1C. The summed E-state index contributed by atoms with van der Waals surface area (Å²) in [5.41, 5.74) is 5.16. The molecule has 18 heavy (non-hydrogen) atoms. The summed E-state index contributed by atoms with van der Waals surface area (Å²) in [6, 6.07) is 4.38. The van der Waals surface area contributed by atoms with E-state index < -0.39 is 0 Å². The lowest BCUT2D eigenvalue weighted by atomic mass is 9.94. The summed E-state index contributed by atoms with van der Waals surface area (Å²) < 4.78 is 5.29. The number of ether oxygens (including phenoxy) is 1. The van der Waals surface area contributed by atoms with Crippen LogP contribution in [0.2, 0.25) is 0 Å². The normalized spacial score (nSPS) is 12.7. The van der Waals surface area contributed by atoms with E-state index in [1.807, 2.05) is 6.92 Å². The molecule has 2 heteroatoms. The number of rotatable bonds is 7. The first-order chi connectivity index (χ1) is 8.54. The third kappa shape index (κ3) is 4.79. The minimum absolute atomic E-state index is 0.259. The third-order valence-corrected chi connectivity index (χ3v) is 3.31. The van der Waals surface area contributed by atoms with E-state index in [2.05, 4.69) is 32.9 Å². The Kier molecular flexibility index (Phi) is 6.37. The predicted molar refractivity (Wildman–Crippen MR) is 76.1 cm³/mol. The van der Waals surface area contributed by atoms with Gasteiger partial charge in [0.2, 0.25) is 0 Å². The van der Waals surface area contributed by atoms with Crippen molar-refractivity contribution >= 4 is 0 Å². The van der Waals surface area contributed by atoms with Crippen molar-refractivity contribution in [3.63, 3.8) is 0 Å². The summed E-state index contributed by atoms with van der Waals surface area (Å²) in [6.45, 7) is 9.87. The molecule has 0 fully saturated rings. The van der Waals surface area contributed by atoms with Crippen molar-refractivity contribution in [3.8, 4) is 0 Å². The molecule has 0 aliphatic rings. The zero-order valence-electron chi connectivity index (χ0n) is 12.1. The second kappa shape index (κ2) is 7.55. The summed E-state index contributed by atoms with van der Waals surface area (Å²) in [5.74, 6) is 0. The fourth-order valence-corrected chi connectivity index (χ4v) is 2.43. The molecule has 1 aromatic rings. The molecule has 0 aromatic heterocycles. The molecule has 0 saturated heterocycles. The van der Waals surface area contributed by atoms with Crippen molar-refractivity contribution in [1.82, 2.24) is 0 Å². The minimum atomic E-state index is -0.259. The average Bonchev–Trinajstić information content (AvgIpc) is 2.29. The van der Waals surface area contributed by atoms with E-state index >= 15 is 0 Å². The Hall–Kier alpha value is -0.860. The van der Waals surface area contributed by atoms with Crippen LogP contribution in [-0.2, 0) is 11.2 Å². The highest BCUT2D eigenvalue weighted by Gasteiger charge is 2.10. The molecule has 0 heterocycles. The van der Waals surface area contributed by atoms with E-state index in [4.69, 9.17) is 4.74 Å². The predicted octanol–water partition coefficient (Wildman–Crippen LogP) is 3.33. The summed E-state index contributed by atoms with van der Waals surface area (Å²) in [4.78, 5) is 0. The van der Waals surface area contributed by atoms with Gasteiger partial charge >= 0.3 is 0 Å². The van der Waals surface area contributed by atoms with E-state index in [-0.39, 0.29) is 6.10 Å². The van der Waals surface area contributed by atoms with Crippen LogP contribution in [-0.4, -0.2) is 24.4 Å². The lowest BCUT2D eigenvalue weighted by molar-refractivity contribution is 0.114. The Labute approximate surface area is 111 Å². The third-order valence-electron chi connectivity index (χ3n) is 3.31. The van der Waals surface area contributed by atoms with Crippen LogP contribution in [0.25, 0.3) is 0 Å². The van der Waals surface area contributed by atoms with Crippen LogP contribution in [0.3, 0.4) is 0 Å². The van der Waals surface area contributed by atoms with Crippen LogP contribution in [0.15, 0.2) is 12.1 Å². The Morgan fingerprint density at radius 1 is 1.17 bits per heavy atom. The van der Waals surface area contributed by atoms with Crippen molar-refractivity contribution in [3.05, 3.63) is 34.4 Å². The number of aliphatic hydroxyl groups excluding tert-OH is 1. The molecule has 0 aliphatic heterocycles. The summed E-state index contributed by atoms with van der Waals surface area (Å²) in [7, 11) is 0. The van der Waals surface area contributed by atoms with Crippen LogP contribution in [0.1, 0.15) is 42.0 Å². The molecule has 1 atom stereocenters. The fourth-order valence-electron chi connectivity index (χ4n) is 2.43. The fraction of sp³-hybridized carbons (Fsp3) is 0.625. The number of aryl methyl sites for hydroxylation is 3. The molecule has 0 bridgehead atoms. The van der Waals surface area contributed by atoms with Gasteiger partial charge < -0.3 is 9.84 Å². The first kappa shape index (κ1) is 15.2. The maximum Gasteiger partial charge on any atom is 0.0581 e. The first-order valence-corrected chi connectivity index (χ1v) is 6.87. The molecule has 102 valence electrons. The lowest BCUT2D eigenvalue weighted by Crippen LogP contribution is -2.13. The van der Waals surface area contributed by atoms with Gasteiger partial charge in [0, 0.05) is 13.2 Å². The van der Waals surface area contributed by atoms with Gasteiger partial charge in [-0.3, -0.25) is 0 Å². The number of aliphatic hydroxyl groups is 1. The van der Waals surface area contributed by atoms with Gasteiger partial charge in [-0.2, -0.15) is 0 Å². The second-order valence-corrected chi connectivity index (χ2v) is 5.07. The van der Waals surface area contributed by atoms with Crippen molar-refractivity contribution in [2.75, 3.05) is 13.2 Å².